The Morgan fingerprint density at radius 1 is 0.769 bits per heavy atom. The zero-order valence-corrected chi connectivity index (χ0v) is 15.6. The molecule has 128 valence electrons. The van der Waals surface area contributed by atoms with Crippen LogP contribution in [0.1, 0.15) is 0 Å². The summed E-state index contributed by atoms with van der Waals surface area (Å²) in [6, 6.07) is 16.7. The maximum atomic E-state index is 6.30. The van der Waals surface area contributed by atoms with E-state index >= 15 is 0 Å². The summed E-state index contributed by atoms with van der Waals surface area (Å²) in [4.78, 5) is 12.3. The van der Waals surface area contributed by atoms with Gasteiger partial charge in [-0.05, 0) is 42.5 Å². The number of aromatic amines is 1. The molecule has 0 spiro atoms. The lowest BCUT2D eigenvalue weighted by atomic mass is 10.1. The average Bonchev–Trinajstić information content (AvgIpc) is 3.14. The van der Waals surface area contributed by atoms with E-state index in [1.807, 2.05) is 42.5 Å². The Balaban J connectivity index is 1.79. The zero-order valence-electron chi connectivity index (χ0n) is 13.4. The van der Waals surface area contributed by atoms with Gasteiger partial charge in [-0.15, -0.1) is 0 Å². The molecule has 0 saturated heterocycles. The summed E-state index contributed by atoms with van der Waals surface area (Å²) in [7, 11) is 0. The second kappa shape index (κ2) is 7.12. The SMILES string of the molecule is Clc1ccc(-c2ncccc2-c2ncc(-c3cc(Cl)ccc3Cl)[nH]2)cc1. The van der Waals surface area contributed by atoms with Gasteiger partial charge in [0.15, 0.2) is 0 Å². The van der Waals surface area contributed by atoms with Crippen molar-refractivity contribution in [2.24, 2.45) is 0 Å². The van der Waals surface area contributed by atoms with E-state index in [2.05, 4.69) is 15.0 Å². The van der Waals surface area contributed by atoms with E-state index in [1.165, 1.54) is 0 Å². The Labute approximate surface area is 165 Å². The number of hydrogen-bond donors (Lipinski definition) is 1. The van der Waals surface area contributed by atoms with Crippen LogP contribution in [0, 0.1) is 0 Å². The van der Waals surface area contributed by atoms with Gasteiger partial charge >= 0.3 is 0 Å². The van der Waals surface area contributed by atoms with Gasteiger partial charge in [-0.2, -0.15) is 0 Å². The highest BCUT2D eigenvalue weighted by Gasteiger charge is 2.14. The monoisotopic (exact) mass is 399 g/mol. The summed E-state index contributed by atoms with van der Waals surface area (Å²) < 4.78 is 0. The summed E-state index contributed by atoms with van der Waals surface area (Å²) in [5.74, 6) is 0.703. The van der Waals surface area contributed by atoms with Gasteiger partial charge in [-0.3, -0.25) is 4.98 Å². The highest BCUT2D eigenvalue weighted by Crippen LogP contribution is 2.33. The van der Waals surface area contributed by atoms with Crippen molar-refractivity contribution in [3.8, 4) is 33.9 Å². The standard InChI is InChI=1S/C20H12Cl3N3/c21-13-5-3-12(4-6-13)19-15(2-1-9-24-19)20-25-11-18(26-20)16-10-14(22)7-8-17(16)23/h1-11H,(H,25,26). The minimum atomic E-state index is 0.605. The topological polar surface area (TPSA) is 41.6 Å². The number of H-pyrrole nitrogens is 1. The number of imidazole rings is 1. The molecular formula is C20H12Cl3N3. The molecule has 2 aromatic carbocycles. The predicted octanol–water partition coefficient (Wildman–Crippen LogP) is 6.77. The number of halogens is 3. The van der Waals surface area contributed by atoms with Gasteiger partial charge in [0.25, 0.3) is 0 Å². The van der Waals surface area contributed by atoms with Crippen LogP contribution in [-0.2, 0) is 0 Å². The first-order valence-corrected chi connectivity index (χ1v) is 8.97. The third-order valence-corrected chi connectivity index (χ3v) is 4.79. The first-order valence-electron chi connectivity index (χ1n) is 7.83. The van der Waals surface area contributed by atoms with Crippen molar-refractivity contribution in [1.82, 2.24) is 15.0 Å². The maximum absolute atomic E-state index is 6.30. The fourth-order valence-corrected chi connectivity index (χ4v) is 3.25. The van der Waals surface area contributed by atoms with Gasteiger partial charge < -0.3 is 4.98 Å². The van der Waals surface area contributed by atoms with Crippen molar-refractivity contribution in [3.05, 3.63) is 82.1 Å². The molecule has 6 heteroatoms. The Bertz CT molecular complexity index is 1070. The molecule has 4 rings (SSSR count). The average molecular weight is 401 g/mol. The van der Waals surface area contributed by atoms with Crippen LogP contribution in [0.5, 0.6) is 0 Å². The van der Waals surface area contributed by atoms with Crippen LogP contribution in [0.25, 0.3) is 33.9 Å². The van der Waals surface area contributed by atoms with Crippen molar-refractivity contribution >= 4 is 34.8 Å². The van der Waals surface area contributed by atoms with E-state index < -0.39 is 0 Å². The fourth-order valence-electron chi connectivity index (χ4n) is 2.73. The molecule has 0 amide bonds. The molecule has 0 bridgehead atoms. The molecule has 0 aliphatic heterocycles. The molecule has 0 radical (unpaired) electrons. The van der Waals surface area contributed by atoms with Crippen LogP contribution in [-0.4, -0.2) is 15.0 Å². The number of aromatic nitrogens is 3. The normalized spacial score (nSPS) is 10.9. The Morgan fingerprint density at radius 2 is 1.54 bits per heavy atom. The largest absolute Gasteiger partial charge is 0.338 e. The smallest absolute Gasteiger partial charge is 0.139 e. The number of benzene rings is 2. The van der Waals surface area contributed by atoms with E-state index in [4.69, 9.17) is 34.8 Å². The van der Waals surface area contributed by atoms with Crippen molar-refractivity contribution in [2.45, 2.75) is 0 Å². The first-order chi connectivity index (χ1) is 12.6. The third-order valence-electron chi connectivity index (χ3n) is 3.97. The highest BCUT2D eigenvalue weighted by molar-refractivity contribution is 6.35. The number of hydrogen-bond acceptors (Lipinski definition) is 2. The van der Waals surface area contributed by atoms with Crippen LogP contribution >= 0.6 is 34.8 Å². The number of nitrogens with one attached hydrogen (secondary N) is 1. The van der Waals surface area contributed by atoms with Crippen molar-refractivity contribution < 1.29 is 0 Å². The molecule has 0 unspecified atom stereocenters. The van der Waals surface area contributed by atoms with Gasteiger partial charge in [-0.25, -0.2) is 4.98 Å². The Morgan fingerprint density at radius 3 is 2.35 bits per heavy atom. The minimum absolute atomic E-state index is 0.605. The molecule has 4 aromatic rings. The van der Waals surface area contributed by atoms with Crippen LogP contribution in [0.2, 0.25) is 15.1 Å². The summed E-state index contributed by atoms with van der Waals surface area (Å²) in [5.41, 5.74) is 4.26. The van der Waals surface area contributed by atoms with Crippen LogP contribution in [0.3, 0.4) is 0 Å². The van der Waals surface area contributed by atoms with Gasteiger partial charge in [0.2, 0.25) is 0 Å². The van der Waals surface area contributed by atoms with Crippen molar-refractivity contribution in [2.75, 3.05) is 0 Å². The van der Waals surface area contributed by atoms with Crippen LogP contribution in [0.4, 0.5) is 0 Å². The molecule has 2 aromatic heterocycles. The Hall–Kier alpha value is -2.33. The summed E-state index contributed by atoms with van der Waals surface area (Å²) in [5, 5.41) is 1.90. The Kier molecular flexibility index (Phi) is 4.68. The van der Waals surface area contributed by atoms with E-state index in [0.29, 0.717) is 20.9 Å². The lowest BCUT2D eigenvalue weighted by Gasteiger charge is -2.07. The summed E-state index contributed by atoms with van der Waals surface area (Å²) >= 11 is 18.4. The second-order valence-corrected chi connectivity index (χ2v) is 6.96. The molecule has 0 fully saturated rings. The van der Waals surface area contributed by atoms with Crippen LogP contribution in [0.15, 0.2) is 67.0 Å². The zero-order chi connectivity index (χ0) is 18.1. The van der Waals surface area contributed by atoms with Gasteiger partial charge in [0.1, 0.15) is 5.82 Å². The van der Waals surface area contributed by atoms with E-state index in [0.717, 1.165) is 28.1 Å². The van der Waals surface area contributed by atoms with E-state index in [1.54, 1.807) is 24.5 Å². The molecular weight excluding hydrogens is 389 g/mol. The molecule has 3 nitrogen and oxygen atoms in total. The minimum Gasteiger partial charge on any atom is -0.338 e. The molecule has 2 heterocycles. The fraction of sp³-hybridized carbons (Fsp3) is 0. The van der Waals surface area contributed by atoms with Gasteiger partial charge in [0, 0.05) is 32.9 Å². The second-order valence-electron chi connectivity index (χ2n) is 5.68. The van der Waals surface area contributed by atoms with Gasteiger partial charge in [0.05, 0.1) is 22.6 Å². The lowest BCUT2D eigenvalue weighted by molar-refractivity contribution is 1.26. The number of nitrogens with zero attached hydrogens (tertiary/aromatic N) is 2. The van der Waals surface area contributed by atoms with Gasteiger partial charge in [-0.1, -0.05) is 46.9 Å². The predicted molar refractivity (Wildman–Crippen MR) is 108 cm³/mol. The molecule has 0 aliphatic rings. The first kappa shape index (κ1) is 17.1. The highest BCUT2D eigenvalue weighted by atomic mass is 35.5. The van der Waals surface area contributed by atoms with Crippen molar-refractivity contribution in [1.29, 1.82) is 0 Å². The molecule has 0 aliphatic carbocycles. The van der Waals surface area contributed by atoms with E-state index in [9.17, 15) is 0 Å². The van der Waals surface area contributed by atoms with Crippen molar-refractivity contribution in [3.63, 3.8) is 0 Å². The molecule has 0 atom stereocenters. The maximum Gasteiger partial charge on any atom is 0.139 e. The molecule has 26 heavy (non-hydrogen) atoms. The van der Waals surface area contributed by atoms with Crippen LogP contribution < -0.4 is 0 Å². The molecule has 0 saturated carbocycles. The lowest BCUT2D eigenvalue weighted by Crippen LogP contribution is -1.90. The molecule has 1 N–H and O–H groups in total. The summed E-state index contributed by atoms with van der Waals surface area (Å²) in [6.45, 7) is 0. The third kappa shape index (κ3) is 3.34. The quantitative estimate of drug-likeness (QED) is 0.412. The summed E-state index contributed by atoms with van der Waals surface area (Å²) in [6.07, 6.45) is 3.50. The number of pyridine rings is 1. The number of rotatable bonds is 3. The van der Waals surface area contributed by atoms with E-state index in [-0.39, 0.29) is 0 Å².